The Morgan fingerprint density at radius 3 is 2.36 bits per heavy atom. The molecule has 0 saturated carbocycles. The number of hydrogen-bond donors (Lipinski definition) is 0. The van der Waals surface area contributed by atoms with Crippen molar-refractivity contribution in [3.8, 4) is 6.07 Å². The largest absolute Gasteiger partial charge is 0.339 e. The van der Waals surface area contributed by atoms with Crippen LogP contribution in [0.3, 0.4) is 0 Å². The zero-order valence-electron chi connectivity index (χ0n) is 9.58. The molecule has 3 nitrogen and oxygen atoms in total. The van der Waals surface area contributed by atoms with Crippen molar-refractivity contribution in [2.45, 2.75) is 46.6 Å². The van der Waals surface area contributed by atoms with Crippen molar-refractivity contribution in [1.82, 2.24) is 4.90 Å². The molecule has 14 heavy (non-hydrogen) atoms. The third-order valence-corrected chi connectivity index (χ3v) is 2.40. The first-order valence-corrected chi connectivity index (χ1v) is 5.22. The fourth-order valence-electron chi connectivity index (χ4n) is 1.25. The first-order chi connectivity index (χ1) is 6.54. The van der Waals surface area contributed by atoms with Gasteiger partial charge in [-0.15, -0.1) is 0 Å². The second-order valence-corrected chi connectivity index (χ2v) is 3.84. The van der Waals surface area contributed by atoms with Crippen LogP contribution in [0, 0.1) is 17.2 Å². The molecule has 1 atom stereocenters. The molecule has 1 unspecified atom stereocenters. The Bertz CT molecular complexity index is 218. The van der Waals surface area contributed by atoms with E-state index in [1.54, 1.807) is 4.90 Å². The summed E-state index contributed by atoms with van der Waals surface area (Å²) in [6.07, 6.45) is 1.27. The molecule has 0 aliphatic rings. The molecule has 0 N–H and O–H groups in total. The molecule has 80 valence electrons. The predicted molar refractivity (Wildman–Crippen MR) is 56.5 cm³/mol. The molecule has 3 heteroatoms. The number of nitrogens with zero attached hydrogens (tertiary/aromatic N) is 2. The van der Waals surface area contributed by atoms with E-state index >= 15 is 0 Å². The van der Waals surface area contributed by atoms with Gasteiger partial charge >= 0.3 is 0 Å². The standard InChI is InChI=1S/C11H20N2O/c1-5-10(4)11(14)13(9(2)3)8-6-7-12/h9-10H,5-6,8H2,1-4H3. The summed E-state index contributed by atoms with van der Waals surface area (Å²) in [5.74, 6) is 0.230. The third-order valence-electron chi connectivity index (χ3n) is 2.40. The molecular formula is C11H20N2O. The van der Waals surface area contributed by atoms with E-state index in [2.05, 4.69) is 6.07 Å². The minimum absolute atomic E-state index is 0.0658. The Kier molecular flexibility index (Phi) is 5.94. The van der Waals surface area contributed by atoms with E-state index in [1.807, 2.05) is 27.7 Å². The lowest BCUT2D eigenvalue weighted by Crippen LogP contribution is -2.40. The Morgan fingerprint density at radius 2 is 2.00 bits per heavy atom. The summed E-state index contributed by atoms with van der Waals surface area (Å²) in [6.45, 7) is 8.46. The minimum atomic E-state index is 0.0658. The first-order valence-electron chi connectivity index (χ1n) is 5.22. The van der Waals surface area contributed by atoms with Crippen molar-refractivity contribution in [2.24, 2.45) is 5.92 Å². The Balaban J connectivity index is 4.34. The summed E-state index contributed by atoms with van der Waals surface area (Å²) < 4.78 is 0. The maximum absolute atomic E-state index is 11.8. The number of carbonyl (C=O) groups excluding carboxylic acids is 1. The van der Waals surface area contributed by atoms with E-state index in [1.165, 1.54) is 0 Å². The summed E-state index contributed by atoms with van der Waals surface area (Å²) in [6, 6.07) is 2.26. The van der Waals surface area contributed by atoms with Crippen molar-refractivity contribution in [3.63, 3.8) is 0 Å². The van der Waals surface area contributed by atoms with Crippen LogP contribution in [-0.4, -0.2) is 23.4 Å². The average Bonchev–Trinajstić information content (AvgIpc) is 2.16. The van der Waals surface area contributed by atoms with Gasteiger partial charge < -0.3 is 4.90 Å². The van der Waals surface area contributed by atoms with Crippen molar-refractivity contribution in [2.75, 3.05) is 6.54 Å². The highest BCUT2D eigenvalue weighted by Crippen LogP contribution is 2.10. The molecule has 1 amide bonds. The number of hydrogen-bond acceptors (Lipinski definition) is 2. The fraction of sp³-hybridized carbons (Fsp3) is 0.818. The lowest BCUT2D eigenvalue weighted by molar-refractivity contribution is -0.136. The summed E-state index contributed by atoms with van der Waals surface area (Å²) in [5, 5.41) is 8.49. The Labute approximate surface area is 86.7 Å². The van der Waals surface area contributed by atoms with Gasteiger partial charge in [-0.1, -0.05) is 13.8 Å². The van der Waals surface area contributed by atoms with Crippen LogP contribution in [0.4, 0.5) is 0 Å². The zero-order valence-corrected chi connectivity index (χ0v) is 9.58. The van der Waals surface area contributed by atoms with Crippen LogP contribution in [0.15, 0.2) is 0 Å². The monoisotopic (exact) mass is 196 g/mol. The van der Waals surface area contributed by atoms with Crippen molar-refractivity contribution in [1.29, 1.82) is 5.26 Å². The number of amides is 1. The highest BCUT2D eigenvalue weighted by Gasteiger charge is 2.20. The fourth-order valence-corrected chi connectivity index (χ4v) is 1.25. The molecule has 0 aromatic rings. The average molecular weight is 196 g/mol. The molecule has 0 saturated heterocycles. The van der Waals surface area contributed by atoms with Crippen LogP contribution in [-0.2, 0) is 4.79 Å². The van der Waals surface area contributed by atoms with Gasteiger partial charge in [0.2, 0.25) is 5.91 Å². The molecule has 0 fully saturated rings. The quantitative estimate of drug-likeness (QED) is 0.676. The first kappa shape index (κ1) is 13.0. The Hall–Kier alpha value is -1.04. The highest BCUT2D eigenvalue weighted by molar-refractivity contribution is 5.78. The Morgan fingerprint density at radius 1 is 1.43 bits per heavy atom. The second kappa shape index (κ2) is 6.42. The molecule has 0 spiro atoms. The number of carbonyl (C=O) groups is 1. The highest BCUT2D eigenvalue weighted by atomic mass is 16.2. The predicted octanol–water partition coefficient (Wildman–Crippen LogP) is 2.18. The van der Waals surface area contributed by atoms with Crippen LogP contribution in [0.5, 0.6) is 0 Å². The van der Waals surface area contributed by atoms with Gasteiger partial charge in [0.1, 0.15) is 0 Å². The molecule has 0 heterocycles. The summed E-state index contributed by atoms with van der Waals surface area (Å²) >= 11 is 0. The van der Waals surface area contributed by atoms with Crippen molar-refractivity contribution >= 4 is 5.91 Å². The number of nitriles is 1. The molecule has 0 rings (SSSR count). The molecule has 0 radical (unpaired) electrons. The molecule has 0 aliphatic carbocycles. The van der Waals surface area contributed by atoms with Gasteiger partial charge in [-0.05, 0) is 20.3 Å². The van der Waals surface area contributed by atoms with Gasteiger partial charge in [-0.2, -0.15) is 5.26 Å². The maximum Gasteiger partial charge on any atom is 0.225 e. The van der Waals surface area contributed by atoms with Crippen molar-refractivity contribution < 1.29 is 4.79 Å². The van der Waals surface area contributed by atoms with Crippen LogP contribution in [0.2, 0.25) is 0 Å². The van der Waals surface area contributed by atoms with Gasteiger partial charge in [0.05, 0.1) is 12.5 Å². The van der Waals surface area contributed by atoms with E-state index in [0.717, 1.165) is 6.42 Å². The van der Waals surface area contributed by atoms with E-state index in [0.29, 0.717) is 13.0 Å². The topological polar surface area (TPSA) is 44.1 Å². The van der Waals surface area contributed by atoms with Gasteiger partial charge in [0.15, 0.2) is 0 Å². The van der Waals surface area contributed by atoms with E-state index < -0.39 is 0 Å². The SMILES string of the molecule is CCC(C)C(=O)N(CCC#N)C(C)C. The molecule has 0 aromatic carbocycles. The molecule has 0 bridgehead atoms. The van der Waals surface area contributed by atoms with E-state index in [9.17, 15) is 4.79 Å². The second-order valence-electron chi connectivity index (χ2n) is 3.84. The zero-order chi connectivity index (χ0) is 11.1. The lowest BCUT2D eigenvalue weighted by Gasteiger charge is -2.28. The minimum Gasteiger partial charge on any atom is -0.339 e. The van der Waals surface area contributed by atoms with Gasteiger partial charge in [0.25, 0.3) is 0 Å². The summed E-state index contributed by atoms with van der Waals surface area (Å²) in [7, 11) is 0. The summed E-state index contributed by atoms with van der Waals surface area (Å²) in [5.41, 5.74) is 0. The van der Waals surface area contributed by atoms with Crippen LogP contribution in [0.1, 0.15) is 40.5 Å². The lowest BCUT2D eigenvalue weighted by atomic mass is 10.1. The molecule has 0 aromatic heterocycles. The summed E-state index contributed by atoms with van der Waals surface area (Å²) in [4.78, 5) is 13.6. The number of rotatable bonds is 5. The van der Waals surface area contributed by atoms with E-state index in [4.69, 9.17) is 5.26 Å². The molecular weight excluding hydrogens is 176 g/mol. The smallest absolute Gasteiger partial charge is 0.225 e. The molecule has 0 aliphatic heterocycles. The maximum atomic E-state index is 11.8. The van der Waals surface area contributed by atoms with Crippen LogP contribution >= 0.6 is 0 Å². The van der Waals surface area contributed by atoms with Gasteiger partial charge in [0, 0.05) is 18.5 Å². The van der Waals surface area contributed by atoms with Crippen LogP contribution in [0.25, 0.3) is 0 Å². The van der Waals surface area contributed by atoms with Gasteiger partial charge in [-0.25, -0.2) is 0 Å². The van der Waals surface area contributed by atoms with Gasteiger partial charge in [-0.3, -0.25) is 4.79 Å². The van der Waals surface area contributed by atoms with Crippen LogP contribution < -0.4 is 0 Å². The van der Waals surface area contributed by atoms with E-state index in [-0.39, 0.29) is 17.9 Å². The normalized spacial score (nSPS) is 12.3. The van der Waals surface area contributed by atoms with Crippen molar-refractivity contribution in [3.05, 3.63) is 0 Å². The third kappa shape index (κ3) is 3.78.